The molecule has 1 N–H and O–H groups in total. The van der Waals surface area contributed by atoms with Gasteiger partial charge in [-0.05, 0) is 44.0 Å². The van der Waals surface area contributed by atoms with Crippen LogP contribution in [0.2, 0.25) is 0 Å². The van der Waals surface area contributed by atoms with Crippen molar-refractivity contribution in [3.63, 3.8) is 0 Å². The van der Waals surface area contributed by atoms with Crippen LogP contribution in [0.15, 0.2) is 24.3 Å². The fourth-order valence-corrected chi connectivity index (χ4v) is 2.61. The van der Waals surface area contributed by atoms with E-state index >= 15 is 0 Å². The van der Waals surface area contributed by atoms with Gasteiger partial charge in [-0.25, -0.2) is 0 Å². The smallest absolute Gasteiger partial charge is 0.253 e. The van der Waals surface area contributed by atoms with E-state index in [4.69, 9.17) is 16.3 Å². The van der Waals surface area contributed by atoms with Crippen LogP contribution in [0.3, 0.4) is 0 Å². The molecule has 1 aliphatic heterocycles. The van der Waals surface area contributed by atoms with Crippen molar-refractivity contribution in [3.8, 4) is 5.75 Å². The summed E-state index contributed by atoms with van der Waals surface area (Å²) < 4.78 is 5.37. The number of amides is 2. The Hall–Kier alpha value is -1.75. The van der Waals surface area contributed by atoms with E-state index in [2.05, 4.69) is 5.32 Å². The third kappa shape index (κ3) is 4.37. The zero-order valence-corrected chi connectivity index (χ0v) is 13.4. The molecule has 120 valence electrons. The fraction of sp³-hybridized carbons (Fsp3) is 0.500. The number of carbonyl (C=O) groups is 2. The lowest BCUT2D eigenvalue weighted by Gasteiger charge is -2.32. The normalized spacial score (nSPS) is 15.5. The number of alkyl halides is 1. The van der Waals surface area contributed by atoms with E-state index in [-0.39, 0.29) is 23.7 Å². The number of rotatable bonds is 5. The lowest BCUT2D eigenvalue weighted by molar-refractivity contribution is -0.119. The monoisotopic (exact) mass is 324 g/mol. The van der Waals surface area contributed by atoms with E-state index in [1.54, 1.807) is 12.1 Å². The molecule has 1 saturated heterocycles. The van der Waals surface area contributed by atoms with E-state index < -0.39 is 0 Å². The number of piperidine rings is 1. The van der Waals surface area contributed by atoms with Crippen molar-refractivity contribution in [2.24, 2.45) is 0 Å². The molecule has 1 aliphatic rings. The van der Waals surface area contributed by atoms with Crippen LogP contribution >= 0.6 is 11.6 Å². The Labute approximate surface area is 135 Å². The lowest BCUT2D eigenvalue weighted by Crippen LogP contribution is -2.46. The minimum absolute atomic E-state index is 0.0187. The Morgan fingerprint density at radius 2 is 1.91 bits per heavy atom. The summed E-state index contributed by atoms with van der Waals surface area (Å²) in [4.78, 5) is 25.5. The van der Waals surface area contributed by atoms with Gasteiger partial charge in [-0.1, -0.05) is 0 Å². The van der Waals surface area contributed by atoms with Crippen LogP contribution in [-0.2, 0) is 4.79 Å². The molecule has 0 saturated carbocycles. The molecular weight excluding hydrogens is 304 g/mol. The summed E-state index contributed by atoms with van der Waals surface area (Å²) in [5, 5.41) is 2.86. The maximum absolute atomic E-state index is 12.4. The minimum Gasteiger partial charge on any atom is -0.494 e. The number of carbonyl (C=O) groups excluding carboxylic acids is 2. The van der Waals surface area contributed by atoms with E-state index in [1.165, 1.54) is 0 Å². The zero-order valence-electron chi connectivity index (χ0n) is 12.7. The lowest BCUT2D eigenvalue weighted by atomic mass is 10.0. The fourth-order valence-electron chi connectivity index (χ4n) is 2.54. The highest BCUT2D eigenvalue weighted by atomic mass is 35.5. The number of ether oxygens (including phenoxy) is 1. The van der Waals surface area contributed by atoms with Crippen molar-refractivity contribution in [3.05, 3.63) is 29.8 Å². The Bertz CT molecular complexity index is 511. The summed E-state index contributed by atoms with van der Waals surface area (Å²) in [5.41, 5.74) is 0.659. The van der Waals surface area contributed by atoms with Gasteiger partial charge in [0, 0.05) is 24.7 Å². The van der Waals surface area contributed by atoms with Gasteiger partial charge in [0.25, 0.3) is 5.91 Å². The Morgan fingerprint density at radius 3 is 2.45 bits per heavy atom. The number of benzene rings is 1. The van der Waals surface area contributed by atoms with Gasteiger partial charge >= 0.3 is 0 Å². The first-order valence-electron chi connectivity index (χ1n) is 7.51. The van der Waals surface area contributed by atoms with Crippen molar-refractivity contribution in [2.45, 2.75) is 25.8 Å². The molecule has 0 radical (unpaired) electrons. The van der Waals surface area contributed by atoms with Crippen molar-refractivity contribution in [2.75, 3.05) is 25.6 Å². The molecule has 0 aromatic heterocycles. The van der Waals surface area contributed by atoms with Crippen molar-refractivity contribution < 1.29 is 14.3 Å². The number of halogens is 1. The molecule has 22 heavy (non-hydrogen) atoms. The summed E-state index contributed by atoms with van der Waals surface area (Å²) in [5.74, 6) is 0.607. The molecule has 0 bridgehead atoms. The van der Waals surface area contributed by atoms with E-state index in [0.29, 0.717) is 25.3 Å². The third-order valence-electron chi connectivity index (χ3n) is 3.68. The topological polar surface area (TPSA) is 58.6 Å². The zero-order chi connectivity index (χ0) is 15.9. The second kappa shape index (κ2) is 8.03. The maximum atomic E-state index is 12.4. The molecule has 5 nitrogen and oxygen atoms in total. The van der Waals surface area contributed by atoms with Crippen molar-refractivity contribution in [1.29, 1.82) is 0 Å². The molecule has 0 spiro atoms. The molecule has 1 aromatic rings. The van der Waals surface area contributed by atoms with Crippen LogP contribution in [0, 0.1) is 0 Å². The molecule has 2 amide bonds. The first kappa shape index (κ1) is 16.6. The molecule has 1 aromatic carbocycles. The molecule has 1 fully saturated rings. The van der Waals surface area contributed by atoms with Crippen LogP contribution in [-0.4, -0.2) is 48.3 Å². The SMILES string of the molecule is CCOc1ccc(C(=O)N2CCC(NC(=O)CCl)CC2)cc1. The second-order valence-electron chi connectivity index (χ2n) is 5.23. The largest absolute Gasteiger partial charge is 0.494 e. The summed E-state index contributed by atoms with van der Waals surface area (Å²) in [6.07, 6.45) is 1.51. The van der Waals surface area contributed by atoms with Gasteiger partial charge in [0.2, 0.25) is 5.91 Å². The first-order valence-corrected chi connectivity index (χ1v) is 8.05. The maximum Gasteiger partial charge on any atom is 0.253 e. The first-order chi connectivity index (χ1) is 10.6. The van der Waals surface area contributed by atoms with Crippen LogP contribution in [0.25, 0.3) is 0 Å². The number of nitrogens with zero attached hydrogens (tertiary/aromatic N) is 1. The summed E-state index contributed by atoms with van der Waals surface area (Å²) in [7, 11) is 0. The Morgan fingerprint density at radius 1 is 1.27 bits per heavy atom. The van der Waals surface area contributed by atoms with Gasteiger partial charge in [0.1, 0.15) is 11.6 Å². The standard InChI is InChI=1S/C16H21ClN2O3/c1-2-22-14-5-3-12(4-6-14)16(21)19-9-7-13(8-10-19)18-15(20)11-17/h3-6,13H,2,7-11H2,1H3,(H,18,20). The van der Waals surface area contributed by atoms with Gasteiger partial charge in [0.05, 0.1) is 6.61 Å². The van der Waals surface area contributed by atoms with Crippen LogP contribution in [0.4, 0.5) is 0 Å². The van der Waals surface area contributed by atoms with E-state index in [1.807, 2.05) is 24.0 Å². The Kier molecular flexibility index (Phi) is 6.07. The predicted molar refractivity (Wildman–Crippen MR) is 85.4 cm³/mol. The predicted octanol–water partition coefficient (Wildman–Crippen LogP) is 2.04. The number of hydrogen-bond acceptors (Lipinski definition) is 3. The summed E-state index contributed by atoms with van der Waals surface area (Å²) in [6.45, 7) is 3.81. The van der Waals surface area contributed by atoms with Gasteiger partial charge in [-0.2, -0.15) is 0 Å². The van der Waals surface area contributed by atoms with E-state index in [9.17, 15) is 9.59 Å². The van der Waals surface area contributed by atoms with Crippen molar-refractivity contribution in [1.82, 2.24) is 10.2 Å². The second-order valence-corrected chi connectivity index (χ2v) is 5.49. The Balaban J connectivity index is 1.87. The summed E-state index contributed by atoms with van der Waals surface area (Å²) in [6, 6.07) is 7.30. The molecule has 0 aliphatic carbocycles. The highest BCUT2D eigenvalue weighted by Crippen LogP contribution is 2.17. The van der Waals surface area contributed by atoms with Gasteiger partial charge < -0.3 is 15.0 Å². The molecule has 0 atom stereocenters. The van der Waals surface area contributed by atoms with Crippen LogP contribution < -0.4 is 10.1 Å². The molecular formula is C16H21ClN2O3. The number of likely N-dealkylation sites (tertiary alicyclic amines) is 1. The highest BCUT2D eigenvalue weighted by molar-refractivity contribution is 6.27. The van der Waals surface area contributed by atoms with Gasteiger partial charge in [-0.3, -0.25) is 9.59 Å². The van der Waals surface area contributed by atoms with Gasteiger partial charge in [-0.15, -0.1) is 11.6 Å². The quantitative estimate of drug-likeness (QED) is 0.843. The average molecular weight is 325 g/mol. The molecule has 1 heterocycles. The highest BCUT2D eigenvalue weighted by Gasteiger charge is 2.24. The average Bonchev–Trinajstić information content (AvgIpc) is 2.56. The summed E-state index contributed by atoms with van der Waals surface area (Å²) >= 11 is 5.48. The van der Waals surface area contributed by atoms with Crippen LogP contribution in [0.1, 0.15) is 30.1 Å². The third-order valence-corrected chi connectivity index (χ3v) is 3.92. The van der Waals surface area contributed by atoms with Gasteiger partial charge in [0.15, 0.2) is 0 Å². The van der Waals surface area contributed by atoms with E-state index in [0.717, 1.165) is 18.6 Å². The molecule has 2 rings (SSSR count). The minimum atomic E-state index is -0.155. The van der Waals surface area contributed by atoms with Crippen LogP contribution in [0.5, 0.6) is 5.75 Å². The number of hydrogen-bond donors (Lipinski definition) is 1. The number of nitrogens with one attached hydrogen (secondary N) is 1. The van der Waals surface area contributed by atoms with Crippen molar-refractivity contribution >= 4 is 23.4 Å². The molecule has 0 unspecified atom stereocenters. The molecule has 6 heteroatoms.